The van der Waals surface area contributed by atoms with E-state index in [4.69, 9.17) is 4.74 Å². The van der Waals surface area contributed by atoms with Crippen LogP contribution in [0, 0.1) is 0 Å². The van der Waals surface area contributed by atoms with Crippen LogP contribution in [-0.2, 0) is 4.74 Å². The Bertz CT molecular complexity index is 564. The number of hydrogen-bond donors (Lipinski definition) is 1. The largest absolute Gasteiger partial charge is 0.373 e. The van der Waals surface area contributed by atoms with Crippen molar-refractivity contribution in [3.05, 3.63) is 42.2 Å². The van der Waals surface area contributed by atoms with Gasteiger partial charge < -0.3 is 10.1 Å². The minimum atomic E-state index is 0.212. The fourth-order valence-corrected chi connectivity index (χ4v) is 3.01. The summed E-state index contributed by atoms with van der Waals surface area (Å²) >= 11 is 0. The zero-order valence-corrected chi connectivity index (χ0v) is 11.5. The lowest BCUT2D eigenvalue weighted by Gasteiger charge is -2.24. The fraction of sp³-hybridized carbons (Fsp3) is 0.438. The normalized spacial score (nSPS) is 24.7. The molecule has 3 atom stereocenters. The number of ether oxygens (including phenoxy) is 1. The van der Waals surface area contributed by atoms with E-state index in [-0.39, 0.29) is 12.1 Å². The second-order valence-electron chi connectivity index (χ2n) is 5.28. The Morgan fingerprint density at radius 1 is 1.26 bits per heavy atom. The van der Waals surface area contributed by atoms with Crippen molar-refractivity contribution in [3.8, 4) is 0 Å². The molecule has 3 heteroatoms. The number of likely N-dealkylation sites (N-methyl/N-ethyl adjacent to an activating group) is 1. The zero-order chi connectivity index (χ0) is 13.2. The Labute approximate surface area is 114 Å². The molecule has 1 aliphatic heterocycles. The highest BCUT2D eigenvalue weighted by Gasteiger charge is 2.30. The summed E-state index contributed by atoms with van der Waals surface area (Å²) in [7, 11) is 2.00. The highest BCUT2D eigenvalue weighted by molar-refractivity contribution is 5.85. The third kappa shape index (κ3) is 2.36. The Morgan fingerprint density at radius 3 is 2.84 bits per heavy atom. The second kappa shape index (κ2) is 5.27. The van der Waals surface area contributed by atoms with Gasteiger partial charge in [0.05, 0.1) is 18.2 Å². The molecule has 1 aromatic heterocycles. The molecule has 2 heterocycles. The van der Waals surface area contributed by atoms with Crippen molar-refractivity contribution in [1.29, 1.82) is 0 Å². The highest BCUT2D eigenvalue weighted by atomic mass is 16.5. The molecule has 0 aliphatic carbocycles. The van der Waals surface area contributed by atoms with Crippen LogP contribution >= 0.6 is 0 Å². The minimum absolute atomic E-state index is 0.212. The van der Waals surface area contributed by atoms with Crippen LogP contribution in [0.25, 0.3) is 10.8 Å². The molecule has 0 saturated carbocycles. The number of rotatable bonds is 3. The van der Waals surface area contributed by atoms with Crippen LogP contribution in [0.4, 0.5) is 0 Å². The standard InChI is InChI=1S/C16H20N2O/c1-11-7-8-15(19-11)16(17-2)14-10-18-9-12-5-3-4-6-13(12)14/h3-6,9-11,15-17H,7-8H2,1-2H3. The van der Waals surface area contributed by atoms with Gasteiger partial charge in [0.2, 0.25) is 0 Å². The molecule has 19 heavy (non-hydrogen) atoms. The first-order valence-electron chi connectivity index (χ1n) is 6.95. The molecule has 0 bridgehead atoms. The van der Waals surface area contributed by atoms with Gasteiger partial charge in [0.1, 0.15) is 0 Å². The van der Waals surface area contributed by atoms with Gasteiger partial charge in [-0.1, -0.05) is 24.3 Å². The first-order valence-corrected chi connectivity index (χ1v) is 6.95. The first kappa shape index (κ1) is 12.6. The minimum Gasteiger partial charge on any atom is -0.373 e. The molecule has 3 unspecified atom stereocenters. The van der Waals surface area contributed by atoms with Crippen molar-refractivity contribution in [1.82, 2.24) is 10.3 Å². The molecule has 1 saturated heterocycles. The Morgan fingerprint density at radius 2 is 2.11 bits per heavy atom. The van der Waals surface area contributed by atoms with E-state index < -0.39 is 0 Å². The first-order chi connectivity index (χ1) is 9.29. The number of nitrogens with one attached hydrogen (secondary N) is 1. The molecule has 0 amide bonds. The van der Waals surface area contributed by atoms with Crippen molar-refractivity contribution >= 4 is 10.8 Å². The van der Waals surface area contributed by atoms with Gasteiger partial charge >= 0.3 is 0 Å². The number of benzene rings is 1. The summed E-state index contributed by atoms with van der Waals surface area (Å²) in [5.41, 5.74) is 1.24. The van der Waals surface area contributed by atoms with E-state index in [1.165, 1.54) is 16.3 Å². The van der Waals surface area contributed by atoms with Gasteiger partial charge in [0, 0.05) is 17.8 Å². The van der Waals surface area contributed by atoms with Crippen LogP contribution in [0.3, 0.4) is 0 Å². The van der Waals surface area contributed by atoms with Crippen molar-refractivity contribution in [2.45, 2.75) is 38.0 Å². The van der Waals surface area contributed by atoms with Gasteiger partial charge in [0.25, 0.3) is 0 Å². The van der Waals surface area contributed by atoms with Gasteiger partial charge in [-0.05, 0) is 37.8 Å². The van der Waals surface area contributed by atoms with Crippen molar-refractivity contribution in [2.75, 3.05) is 7.05 Å². The van der Waals surface area contributed by atoms with Crippen LogP contribution in [0.1, 0.15) is 31.4 Å². The van der Waals surface area contributed by atoms with E-state index in [1.807, 2.05) is 19.4 Å². The van der Waals surface area contributed by atoms with Crippen LogP contribution in [0.2, 0.25) is 0 Å². The van der Waals surface area contributed by atoms with E-state index in [1.54, 1.807) is 0 Å². The summed E-state index contributed by atoms with van der Waals surface area (Å²) in [5, 5.41) is 5.86. The van der Waals surface area contributed by atoms with Crippen LogP contribution in [0.15, 0.2) is 36.7 Å². The van der Waals surface area contributed by atoms with E-state index in [2.05, 4.69) is 41.5 Å². The topological polar surface area (TPSA) is 34.2 Å². The third-order valence-electron chi connectivity index (χ3n) is 3.98. The van der Waals surface area contributed by atoms with E-state index in [0.29, 0.717) is 6.10 Å². The summed E-state index contributed by atoms with van der Waals surface area (Å²) in [5.74, 6) is 0. The number of pyridine rings is 1. The average Bonchev–Trinajstić information content (AvgIpc) is 2.86. The summed E-state index contributed by atoms with van der Waals surface area (Å²) in [6, 6.07) is 8.61. The van der Waals surface area contributed by atoms with Crippen molar-refractivity contribution in [2.24, 2.45) is 0 Å². The predicted molar refractivity (Wildman–Crippen MR) is 77.1 cm³/mol. The van der Waals surface area contributed by atoms with Gasteiger partial charge in [0.15, 0.2) is 0 Å². The average molecular weight is 256 g/mol. The lowest BCUT2D eigenvalue weighted by molar-refractivity contribution is 0.0335. The molecule has 0 radical (unpaired) electrons. The van der Waals surface area contributed by atoms with E-state index >= 15 is 0 Å². The molecule has 3 nitrogen and oxygen atoms in total. The smallest absolute Gasteiger partial charge is 0.0775 e. The lowest BCUT2D eigenvalue weighted by atomic mass is 9.96. The van der Waals surface area contributed by atoms with Gasteiger partial charge in [-0.25, -0.2) is 0 Å². The Hall–Kier alpha value is -1.45. The Balaban J connectivity index is 2.01. The summed E-state index contributed by atoms with van der Waals surface area (Å²) in [6.45, 7) is 2.15. The summed E-state index contributed by atoms with van der Waals surface area (Å²) in [4.78, 5) is 4.38. The zero-order valence-electron chi connectivity index (χ0n) is 11.5. The summed E-state index contributed by atoms with van der Waals surface area (Å²) in [6.07, 6.45) is 6.74. The quantitative estimate of drug-likeness (QED) is 0.916. The number of nitrogens with zero attached hydrogens (tertiary/aromatic N) is 1. The number of fused-ring (bicyclic) bond motifs is 1. The lowest BCUT2D eigenvalue weighted by Crippen LogP contribution is -2.29. The van der Waals surface area contributed by atoms with Crippen LogP contribution < -0.4 is 5.32 Å². The molecular formula is C16H20N2O. The van der Waals surface area contributed by atoms with Gasteiger partial charge in [-0.3, -0.25) is 4.98 Å². The number of hydrogen-bond acceptors (Lipinski definition) is 3. The van der Waals surface area contributed by atoms with Crippen LogP contribution in [-0.4, -0.2) is 24.2 Å². The maximum atomic E-state index is 6.03. The van der Waals surface area contributed by atoms with Crippen LogP contribution in [0.5, 0.6) is 0 Å². The SMILES string of the molecule is CNC(c1cncc2ccccc12)C1CCC(C)O1. The Kier molecular flexibility index (Phi) is 3.49. The molecule has 1 aromatic carbocycles. The summed E-state index contributed by atoms with van der Waals surface area (Å²) < 4.78 is 6.03. The van der Waals surface area contributed by atoms with E-state index in [0.717, 1.165) is 12.8 Å². The molecule has 0 spiro atoms. The molecule has 3 rings (SSSR count). The second-order valence-corrected chi connectivity index (χ2v) is 5.28. The fourth-order valence-electron chi connectivity index (χ4n) is 3.01. The molecular weight excluding hydrogens is 236 g/mol. The van der Waals surface area contributed by atoms with E-state index in [9.17, 15) is 0 Å². The van der Waals surface area contributed by atoms with Crippen molar-refractivity contribution in [3.63, 3.8) is 0 Å². The van der Waals surface area contributed by atoms with Gasteiger partial charge in [-0.2, -0.15) is 0 Å². The molecule has 1 aliphatic rings. The maximum Gasteiger partial charge on any atom is 0.0775 e. The van der Waals surface area contributed by atoms with Gasteiger partial charge in [-0.15, -0.1) is 0 Å². The third-order valence-corrected chi connectivity index (χ3v) is 3.98. The molecule has 1 fully saturated rings. The molecule has 1 N–H and O–H groups in total. The highest BCUT2D eigenvalue weighted by Crippen LogP contribution is 2.32. The molecule has 100 valence electrons. The maximum absolute atomic E-state index is 6.03. The predicted octanol–water partition coefficient (Wildman–Crippen LogP) is 3.06. The molecule has 2 aromatic rings. The van der Waals surface area contributed by atoms with Crippen molar-refractivity contribution < 1.29 is 4.74 Å². The number of aromatic nitrogens is 1. The monoisotopic (exact) mass is 256 g/mol.